The Bertz CT molecular complexity index is 876. The number of carboxylic acids is 1. The van der Waals surface area contributed by atoms with Gasteiger partial charge in [0.25, 0.3) is 0 Å². The summed E-state index contributed by atoms with van der Waals surface area (Å²) in [6.07, 6.45) is -0.572. The van der Waals surface area contributed by atoms with E-state index < -0.39 is 42.2 Å². The molecule has 1 aromatic carbocycles. The molecule has 1 unspecified atom stereocenters. The molecule has 0 spiro atoms. The molecule has 1 rings (SSSR count). The van der Waals surface area contributed by atoms with E-state index in [0.717, 1.165) is 11.3 Å². The number of hydrogen-bond donors (Lipinski definition) is 7. The van der Waals surface area contributed by atoms with Gasteiger partial charge in [-0.2, -0.15) is 0 Å². The number of primary amides is 1. The zero-order valence-electron chi connectivity index (χ0n) is 18.1. The van der Waals surface area contributed by atoms with Gasteiger partial charge < -0.3 is 37.4 Å². The zero-order chi connectivity index (χ0) is 24.8. The second-order valence-electron chi connectivity index (χ2n) is 7.01. The van der Waals surface area contributed by atoms with E-state index in [-0.39, 0.29) is 32.4 Å². The summed E-state index contributed by atoms with van der Waals surface area (Å²) in [4.78, 5) is 57.6. The quantitative estimate of drug-likeness (QED) is 0.169. The number of rotatable bonds is 13. The summed E-state index contributed by atoms with van der Waals surface area (Å²) in [5.41, 5.74) is 6.79. The average molecular weight is 481 g/mol. The highest BCUT2D eigenvalue weighted by Crippen LogP contribution is 2.08. The lowest BCUT2D eigenvalue weighted by molar-refractivity contribution is -0.138. The third-order valence-corrected chi connectivity index (χ3v) is 4.38. The van der Waals surface area contributed by atoms with Crippen molar-refractivity contribution in [1.82, 2.24) is 21.3 Å². The highest BCUT2D eigenvalue weighted by molar-refractivity contribution is 7.80. The first kappa shape index (κ1) is 27.3. The molecule has 0 aromatic heterocycles. The normalized spacial score (nSPS) is 10.9. The standard InChI is InChI=1S/C20H28N6O6S/c1-12-2-4-13(5-3-12)25-20(33)22-9-8-16(28)26-14(6-7-18(30)31)19(32)24-11-17(29)23-10-15(21)27/h2-5,14H,6-11H2,1H3,(H2,21,27)(H,23,29)(H,24,32)(H,26,28)(H,30,31)(H2,22,25,33). The van der Waals surface area contributed by atoms with Crippen molar-refractivity contribution >= 4 is 52.6 Å². The molecule has 0 radical (unpaired) electrons. The number of carbonyl (C=O) groups excluding carboxylic acids is 4. The van der Waals surface area contributed by atoms with E-state index in [1.54, 1.807) is 0 Å². The van der Waals surface area contributed by atoms with Crippen LogP contribution in [0, 0.1) is 6.92 Å². The predicted molar refractivity (Wildman–Crippen MR) is 124 cm³/mol. The summed E-state index contributed by atoms with van der Waals surface area (Å²) in [6.45, 7) is 1.28. The van der Waals surface area contributed by atoms with Crippen LogP contribution in [0.4, 0.5) is 5.69 Å². The van der Waals surface area contributed by atoms with Crippen LogP contribution in [-0.4, -0.2) is 65.5 Å². The number of carboxylic acid groups (broad SMARTS) is 1. The van der Waals surface area contributed by atoms with Crippen molar-refractivity contribution in [2.45, 2.75) is 32.2 Å². The van der Waals surface area contributed by atoms with Gasteiger partial charge in [0.1, 0.15) is 6.04 Å². The SMILES string of the molecule is Cc1ccc(NC(=S)NCCC(=O)NC(CCC(=O)O)C(=O)NCC(=O)NCC(N)=O)cc1. The van der Waals surface area contributed by atoms with E-state index in [4.69, 9.17) is 23.1 Å². The topological polar surface area (TPSA) is 192 Å². The fraction of sp³-hybridized carbons (Fsp3) is 0.400. The Balaban J connectivity index is 2.47. The number of amides is 4. The number of nitrogens with two attached hydrogens (primary N) is 1. The van der Waals surface area contributed by atoms with Gasteiger partial charge in [0.05, 0.1) is 13.1 Å². The summed E-state index contributed by atoms with van der Waals surface area (Å²) in [5.74, 6) is -3.80. The maximum Gasteiger partial charge on any atom is 0.303 e. The molecule has 0 heterocycles. The molecule has 0 saturated heterocycles. The Labute approximate surface area is 196 Å². The van der Waals surface area contributed by atoms with Crippen LogP contribution < -0.4 is 32.3 Å². The molecule has 0 bridgehead atoms. The molecular weight excluding hydrogens is 452 g/mol. The van der Waals surface area contributed by atoms with Crippen LogP contribution in [0.15, 0.2) is 24.3 Å². The minimum atomic E-state index is -1.16. The van der Waals surface area contributed by atoms with Gasteiger partial charge in [0.15, 0.2) is 5.11 Å². The summed E-state index contributed by atoms with van der Waals surface area (Å²) >= 11 is 5.17. The number of nitrogens with one attached hydrogen (secondary N) is 5. The number of carbonyl (C=O) groups is 5. The van der Waals surface area contributed by atoms with E-state index in [0.29, 0.717) is 5.11 Å². The Kier molecular flexibility index (Phi) is 11.9. The smallest absolute Gasteiger partial charge is 0.303 e. The van der Waals surface area contributed by atoms with Crippen molar-refractivity contribution in [2.75, 3.05) is 25.0 Å². The van der Waals surface area contributed by atoms with Crippen molar-refractivity contribution in [3.63, 3.8) is 0 Å². The lowest BCUT2D eigenvalue weighted by Gasteiger charge is -2.18. The van der Waals surface area contributed by atoms with E-state index in [2.05, 4.69) is 26.6 Å². The summed E-state index contributed by atoms with van der Waals surface area (Å²) in [6, 6.07) is 6.39. The fourth-order valence-electron chi connectivity index (χ4n) is 2.44. The molecule has 13 heteroatoms. The van der Waals surface area contributed by atoms with E-state index in [9.17, 15) is 24.0 Å². The van der Waals surface area contributed by atoms with Crippen LogP contribution in [0.25, 0.3) is 0 Å². The number of thiocarbonyl (C=S) groups is 1. The second kappa shape index (κ2) is 14.3. The van der Waals surface area contributed by atoms with Crippen molar-refractivity contribution < 1.29 is 29.1 Å². The fourth-order valence-corrected chi connectivity index (χ4v) is 2.66. The first-order valence-corrected chi connectivity index (χ1v) is 10.4. The van der Waals surface area contributed by atoms with Gasteiger partial charge in [0, 0.05) is 25.1 Å². The van der Waals surface area contributed by atoms with Crippen LogP contribution in [-0.2, 0) is 24.0 Å². The Morgan fingerprint density at radius 1 is 0.970 bits per heavy atom. The molecule has 1 atom stereocenters. The molecule has 4 amide bonds. The molecule has 0 fully saturated rings. The van der Waals surface area contributed by atoms with Gasteiger partial charge in [-0.1, -0.05) is 17.7 Å². The Hall–Kier alpha value is -3.74. The molecule has 180 valence electrons. The van der Waals surface area contributed by atoms with Crippen molar-refractivity contribution in [1.29, 1.82) is 0 Å². The van der Waals surface area contributed by atoms with Crippen LogP contribution >= 0.6 is 12.2 Å². The van der Waals surface area contributed by atoms with Crippen molar-refractivity contribution in [3.8, 4) is 0 Å². The van der Waals surface area contributed by atoms with Crippen molar-refractivity contribution in [2.24, 2.45) is 5.73 Å². The van der Waals surface area contributed by atoms with Crippen LogP contribution in [0.1, 0.15) is 24.8 Å². The van der Waals surface area contributed by atoms with Gasteiger partial charge in [-0.3, -0.25) is 24.0 Å². The molecule has 0 aliphatic heterocycles. The molecule has 0 aliphatic carbocycles. The number of benzene rings is 1. The van der Waals surface area contributed by atoms with Crippen LogP contribution in [0.5, 0.6) is 0 Å². The van der Waals surface area contributed by atoms with Gasteiger partial charge in [-0.05, 0) is 37.7 Å². The average Bonchev–Trinajstić information content (AvgIpc) is 2.74. The second-order valence-corrected chi connectivity index (χ2v) is 7.42. The largest absolute Gasteiger partial charge is 0.481 e. The lowest BCUT2D eigenvalue weighted by Crippen LogP contribution is -2.50. The summed E-state index contributed by atoms with van der Waals surface area (Å²) in [5, 5.41) is 22.0. The Morgan fingerprint density at radius 2 is 1.64 bits per heavy atom. The Morgan fingerprint density at radius 3 is 2.24 bits per heavy atom. The summed E-state index contributed by atoms with van der Waals surface area (Å²) in [7, 11) is 0. The predicted octanol–water partition coefficient (Wildman–Crippen LogP) is -1.26. The molecule has 1 aromatic rings. The molecular formula is C20H28N6O6S. The van der Waals surface area contributed by atoms with E-state index in [1.165, 1.54) is 0 Å². The van der Waals surface area contributed by atoms with Gasteiger partial charge in [-0.15, -0.1) is 0 Å². The van der Waals surface area contributed by atoms with Crippen LogP contribution in [0.3, 0.4) is 0 Å². The maximum atomic E-state index is 12.3. The highest BCUT2D eigenvalue weighted by Gasteiger charge is 2.22. The number of aliphatic carboxylic acids is 1. The van der Waals surface area contributed by atoms with Crippen LogP contribution in [0.2, 0.25) is 0 Å². The first-order chi connectivity index (χ1) is 15.6. The zero-order valence-corrected chi connectivity index (χ0v) is 18.9. The van der Waals surface area contributed by atoms with Gasteiger partial charge in [0.2, 0.25) is 23.6 Å². The molecule has 0 aliphatic rings. The molecule has 12 nitrogen and oxygen atoms in total. The monoisotopic (exact) mass is 480 g/mol. The number of hydrogen-bond acceptors (Lipinski definition) is 6. The molecule has 0 saturated carbocycles. The third-order valence-electron chi connectivity index (χ3n) is 4.13. The van der Waals surface area contributed by atoms with Gasteiger partial charge >= 0.3 is 5.97 Å². The number of aryl methyl sites for hydroxylation is 1. The minimum absolute atomic E-state index is 0.0360. The third kappa shape index (κ3) is 12.6. The highest BCUT2D eigenvalue weighted by atomic mass is 32.1. The minimum Gasteiger partial charge on any atom is -0.481 e. The first-order valence-electron chi connectivity index (χ1n) is 10.0. The molecule has 33 heavy (non-hydrogen) atoms. The maximum absolute atomic E-state index is 12.3. The molecule has 8 N–H and O–H groups in total. The van der Waals surface area contributed by atoms with Crippen molar-refractivity contribution in [3.05, 3.63) is 29.8 Å². The van der Waals surface area contributed by atoms with E-state index >= 15 is 0 Å². The van der Waals surface area contributed by atoms with E-state index in [1.807, 2.05) is 31.2 Å². The summed E-state index contributed by atoms with van der Waals surface area (Å²) < 4.78 is 0. The number of anilines is 1. The lowest BCUT2D eigenvalue weighted by atomic mass is 10.1. The van der Waals surface area contributed by atoms with Gasteiger partial charge in [-0.25, -0.2) is 0 Å².